The number of rotatable bonds is 4. The number of benzene rings is 1. The van der Waals surface area contributed by atoms with E-state index in [2.05, 4.69) is 12.2 Å². The maximum Gasteiger partial charge on any atom is 0.416 e. The number of halogens is 3. The molecule has 0 amide bonds. The SMILES string of the molecule is C[C@H](NCc1cccc(C(F)(F)F)c1)C1CCCCC1. The minimum Gasteiger partial charge on any atom is -0.310 e. The van der Waals surface area contributed by atoms with Gasteiger partial charge in [-0.05, 0) is 37.3 Å². The van der Waals surface area contributed by atoms with Gasteiger partial charge in [0.1, 0.15) is 0 Å². The Morgan fingerprint density at radius 3 is 2.55 bits per heavy atom. The van der Waals surface area contributed by atoms with Crippen molar-refractivity contribution in [3.05, 3.63) is 35.4 Å². The zero-order chi connectivity index (χ0) is 14.6. The largest absolute Gasteiger partial charge is 0.416 e. The highest BCUT2D eigenvalue weighted by Gasteiger charge is 2.30. The Morgan fingerprint density at radius 1 is 1.20 bits per heavy atom. The molecule has 0 aliphatic heterocycles. The first-order valence-electron chi connectivity index (χ1n) is 7.36. The Kier molecular flexibility index (Phi) is 5.08. The van der Waals surface area contributed by atoms with E-state index >= 15 is 0 Å². The van der Waals surface area contributed by atoms with Gasteiger partial charge < -0.3 is 5.32 Å². The van der Waals surface area contributed by atoms with Crippen LogP contribution in [0.1, 0.15) is 50.2 Å². The Hall–Kier alpha value is -1.03. The van der Waals surface area contributed by atoms with Gasteiger partial charge >= 0.3 is 6.18 Å². The average molecular weight is 285 g/mol. The van der Waals surface area contributed by atoms with Crippen molar-refractivity contribution in [2.45, 2.75) is 57.8 Å². The Bertz CT molecular complexity index is 422. The van der Waals surface area contributed by atoms with Crippen molar-refractivity contribution in [3.8, 4) is 0 Å². The molecule has 1 atom stereocenters. The van der Waals surface area contributed by atoms with Crippen LogP contribution in [-0.2, 0) is 12.7 Å². The predicted octanol–water partition coefficient (Wildman–Crippen LogP) is 4.76. The van der Waals surface area contributed by atoms with Crippen LogP contribution >= 0.6 is 0 Å². The molecular formula is C16H22F3N. The van der Waals surface area contributed by atoms with Gasteiger partial charge in [0, 0.05) is 12.6 Å². The predicted molar refractivity (Wildman–Crippen MR) is 74.3 cm³/mol. The first-order valence-corrected chi connectivity index (χ1v) is 7.36. The van der Waals surface area contributed by atoms with Gasteiger partial charge in [-0.2, -0.15) is 13.2 Å². The lowest BCUT2D eigenvalue weighted by Gasteiger charge is -2.28. The summed E-state index contributed by atoms with van der Waals surface area (Å²) in [5, 5.41) is 3.38. The molecule has 1 saturated carbocycles. The molecule has 0 heterocycles. The molecule has 4 heteroatoms. The van der Waals surface area contributed by atoms with Crippen LogP contribution in [0.5, 0.6) is 0 Å². The van der Waals surface area contributed by atoms with E-state index in [0.717, 1.165) is 6.07 Å². The van der Waals surface area contributed by atoms with Gasteiger partial charge in [0.15, 0.2) is 0 Å². The zero-order valence-corrected chi connectivity index (χ0v) is 11.8. The van der Waals surface area contributed by atoms with Gasteiger partial charge in [-0.1, -0.05) is 37.5 Å². The Balaban J connectivity index is 1.90. The van der Waals surface area contributed by atoms with Crippen molar-refractivity contribution in [2.24, 2.45) is 5.92 Å². The summed E-state index contributed by atoms with van der Waals surface area (Å²) in [5.74, 6) is 0.662. The van der Waals surface area contributed by atoms with Crippen LogP contribution in [0.15, 0.2) is 24.3 Å². The molecule has 1 aromatic carbocycles. The molecule has 0 saturated heterocycles. The summed E-state index contributed by atoms with van der Waals surface area (Å²) in [4.78, 5) is 0. The molecule has 1 aliphatic carbocycles. The topological polar surface area (TPSA) is 12.0 Å². The summed E-state index contributed by atoms with van der Waals surface area (Å²) in [6.45, 7) is 2.64. The van der Waals surface area contributed by atoms with Gasteiger partial charge in [0.25, 0.3) is 0 Å². The Morgan fingerprint density at radius 2 is 1.90 bits per heavy atom. The van der Waals surface area contributed by atoms with Crippen LogP contribution in [-0.4, -0.2) is 6.04 Å². The van der Waals surface area contributed by atoms with Crippen molar-refractivity contribution >= 4 is 0 Å². The normalized spacial score (nSPS) is 19.0. The molecule has 1 aliphatic rings. The first-order chi connectivity index (χ1) is 9.47. The molecule has 112 valence electrons. The molecule has 0 radical (unpaired) electrons. The molecule has 1 fully saturated rings. The monoisotopic (exact) mass is 285 g/mol. The molecule has 20 heavy (non-hydrogen) atoms. The molecular weight excluding hydrogens is 263 g/mol. The van der Waals surface area contributed by atoms with E-state index in [4.69, 9.17) is 0 Å². The van der Waals surface area contributed by atoms with Crippen LogP contribution in [0.2, 0.25) is 0 Å². The molecule has 1 nitrogen and oxygen atoms in total. The van der Waals surface area contributed by atoms with Gasteiger partial charge in [0.05, 0.1) is 5.56 Å². The fourth-order valence-electron chi connectivity index (χ4n) is 2.94. The molecule has 0 bridgehead atoms. The van der Waals surface area contributed by atoms with Gasteiger partial charge in [0.2, 0.25) is 0 Å². The first kappa shape index (κ1) is 15.4. The lowest BCUT2D eigenvalue weighted by Crippen LogP contribution is -2.34. The maximum atomic E-state index is 12.6. The minimum absolute atomic E-state index is 0.366. The second-order valence-corrected chi connectivity index (χ2v) is 5.77. The number of nitrogens with one attached hydrogen (secondary N) is 1. The third-order valence-electron chi connectivity index (χ3n) is 4.24. The highest BCUT2D eigenvalue weighted by molar-refractivity contribution is 5.25. The molecule has 1 N–H and O–H groups in total. The van der Waals surface area contributed by atoms with Crippen molar-refractivity contribution in [1.29, 1.82) is 0 Å². The molecule has 0 unspecified atom stereocenters. The van der Waals surface area contributed by atoms with Crippen LogP contribution < -0.4 is 5.32 Å². The minimum atomic E-state index is -4.26. The van der Waals surface area contributed by atoms with E-state index in [9.17, 15) is 13.2 Å². The van der Waals surface area contributed by atoms with Crippen LogP contribution in [0, 0.1) is 5.92 Å². The van der Waals surface area contributed by atoms with Crippen LogP contribution in [0.4, 0.5) is 13.2 Å². The summed E-state index contributed by atoms with van der Waals surface area (Å²) in [5.41, 5.74) is 0.129. The summed E-state index contributed by atoms with van der Waals surface area (Å²) < 4.78 is 37.9. The highest BCUT2D eigenvalue weighted by Crippen LogP contribution is 2.30. The summed E-state index contributed by atoms with van der Waals surface area (Å²) >= 11 is 0. The van der Waals surface area contributed by atoms with Crippen molar-refractivity contribution in [1.82, 2.24) is 5.32 Å². The van der Waals surface area contributed by atoms with Crippen LogP contribution in [0.3, 0.4) is 0 Å². The third kappa shape index (κ3) is 4.23. The van der Waals surface area contributed by atoms with Gasteiger partial charge in [-0.25, -0.2) is 0 Å². The smallest absolute Gasteiger partial charge is 0.310 e. The van der Waals surface area contributed by atoms with Crippen molar-refractivity contribution in [2.75, 3.05) is 0 Å². The lowest BCUT2D eigenvalue weighted by atomic mass is 9.84. The molecule has 0 aromatic heterocycles. The van der Waals surface area contributed by atoms with E-state index in [0.29, 0.717) is 24.1 Å². The van der Waals surface area contributed by atoms with E-state index in [1.54, 1.807) is 6.07 Å². The third-order valence-corrected chi connectivity index (χ3v) is 4.24. The average Bonchev–Trinajstić information content (AvgIpc) is 2.45. The lowest BCUT2D eigenvalue weighted by molar-refractivity contribution is -0.137. The van der Waals surface area contributed by atoms with E-state index < -0.39 is 11.7 Å². The quantitative estimate of drug-likeness (QED) is 0.840. The van der Waals surface area contributed by atoms with Crippen LogP contribution in [0.25, 0.3) is 0 Å². The van der Waals surface area contributed by atoms with E-state index in [1.165, 1.54) is 44.2 Å². The highest BCUT2D eigenvalue weighted by atomic mass is 19.4. The van der Waals surface area contributed by atoms with Crippen molar-refractivity contribution < 1.29 is 13.2 Å². The van der Waals surface area contributed by atoms with Gasteiger partial charge in [-0.3, -0.25) is 0 Å². The second kappa shape index (κ2) is 6.61. The fraction of sp³-hybridized carbons (Fsp3) is 0.625. The number of hydrogen-bond acceptors (Lipinski definition) is 1. The zero-order valence-electron chi connectivity index (χ0n) is 11.8. The summed E-state index contributed by atoms with van der Waals surface area (Å²) in [6.07, 6.45) is 2.08. The summed E-state index contributed by atoms with van der Waals surface area (Å²) in [6, 6.07) is 5.94. The standard InChI is InChI=1S/C16H22F3N/c1-12(14-7-3-2-4-8-14)20-11-13-6-5-9-15(10-13)16(17,18)19/h5-6,9-10,12,14,20H,2-4,7-8,11H2,1H3/t12-/m0/s1. The van der Waals surface area contributed by atoms with E-state index in [1.807, 2.05) is 0 Å². The number of alkyl halides is 3. The maximum absolute atomic E-state index is 12.6. The fourth-order valence-corrected chi connectivity index (χ4v) is 2.94. The van der Waals surface area contributed by atoms with Crippen molar-refractivity contribution in [3.63, 3.8) is 0 Å². The molecule has 1 aromatic rings. The molecule has 2 rings (SSSR count). The molecule has 0 spiro atoms. The Labute approximate surface area is 118 Å². The number of hydrogen-bond donors (Lipinski definition) is 1. The van der Waals surface area contributed by atoms with E-state index in [-0.39, 0.29) is 0 Å². The summed E-state index contributed by atoms with van der Waals surface area (Å²) in [7, 11) is 0. The van der Waals surface area contributed by atoms with Gasteiger partial charge in [-0.15, -0.1) is 0 Å². The second-order valence-electron chi connectivity index (χ2n) is 5.77.